The molecule has 0 bridgehead atoms. The summed E-state index contributed by atoms with van der Waals surface area (Å²) in [6.07, 6.45) is 5.41. The minimum Gasteiger partial charge on any atom is -0.489 e. The third kappa shape index (κ3) is 5.95. The molecule has 2 aromatic carbocycles. The van der Waals surface area contributed by atoms with Crippen LogP contribution in [0.5, 0.6) is 5.75 Å². The summed E-state index contributed by atoms with van der Waals surface area (Å²) in [6.45, 7) is 4.71. The standard InChI is InChI=1S/C26H31Cl2N3O2/c27-20-3-5-22(6-4-20)31-13-10-19(16-31)26(32)29-21(17-30-11-1-12-30)14-18-2-9-25(24(28)15-18)33-23-7-8-23/h2-6,9,15,19,21,23H,1,7-8,10-14,16-17H2,(H,29,32)/t19-,21?/m1/s1. The van der Waals surface area contributed by atoms with Crippen LogP contribution < -0.4 is 15.0 Å². The van der Waals surface area contributed by atoms with E-state index in [0.717, 1.165) is 80.4 Å². The zero-order valence-corrected chi connectivity index (χ0v) is 20.3. The SMILES string of the molecule is O=C(NC(Cc1ccc(OC2CC2)c(Cl)c1)CN1CCC1)[C@@H]1CCN(c2ccc(Cl)cc2)C1. The van der Waals surface area contributed by atoms with Gasteiger partial charge in [-0.2, -0.15) is 0 Å². The highest BCUT2D eigenvalue weighted by Gasteiger charge is 2.31. The average molecular weight is 488 g/mol. The van der Waals surface area contributed by atoms with Crippen molar-refractivity contribution in [1.29, 1.82) is 0 Å². The third-order valence-corrected chi connectivity index (χ3v) is 7.37. The second-order valence-electron chi connectivity index (χ2n) is 9.55. The Bertz CT molecular complexity index is 976. The third-order valence-electron chi connectivity index (χ3n) is 6.82. The number of hydrogen-bond acceptors (Lipinski definition) is 4. The monoisotopic (exact) mass is 487 g/mol. The van der Waals surface area contributed by atoms with Crippen molar-refractivity contribution < 1.29 is 9.53 Å². The topological polar surface area (TPSA) is 44.8 Å². The fraction of sp³-hybridized carbons (Fsp3) is 0.500. The molecule has 0 spiro atoms. The number of halogens is 2. The zero-order valence-electron chi connectivity index (χ0n) is 18.8. The molecule has 3 fully saturated rings. The fourth-order valence-corrected chi connectivity index (χ4v) is 5.01. The van der Waals surface area contributed by atoms with E-state index in [1.807, 2.05) is 36.4 Å². The summed E-state index contributed by atoms with van der Waals surface area (Å²) >= 11 is 12.5. The normalized spacial score (nSPS) is 21.5. The number of nitrogens with one attached hydrogen (secondary N) is 1. The Morgan fingerprint density at radius 1 is 1.06 bits per heavy atom. The molecule has 7 heteroatoms. The van der Waals surface area contributed by atoms with Gasteiger partial charge < -0.3 is 19.9 Å². The van der Waals surface area contributed by atoms with E-state index in [0.29, 0.717) is 11.1 Å². The van der Waals surface area contributed by atoms with Crippen LogP contribution in [0.4, 0.5) is 5.69 Å². The van der Waals surface area contributed by atoms with Crippen LogP contribution in [0.3, 0.4) is 0 Å². The molecule has 2 heterocycles. The zero-order chi connectivity index (χ0) is 22.8. The number of carbonyl (C=O) groups is 1. The van der Waals surface area contributed by atoms with Gasteiger partial charge in [0.25, 0.3) is 0 Å². The van der Waals surface area contributed by atoms with Crippen molar-refractivity contribution in [3.8, 4) is 5.75 Å². The van der Waals surface area contributed by atoms with Crippen molar-refractivity contribution in [1.82, 2.24) is 10.2 Å². The highest BCUT2D eigenvalue weighted by Crippen LogP contribution is 2.33. The Morgan fingerprint density at radius 3 is 2.52 bits per heavy atom. The molecule has 1 aliphatic carbocycles. The molecule has 1 unspecified atom stereocenters. The molecule has 5 rings (SSSR count). The maximum Gasteiger partial charge on any atom is 0.225 e. The molecule has 33 heavy (non-hydrogen) atoms. The molecule has 3 aliphatic rings. The predicted octanol–water partition coefficient (Wildman–Crippen LogP) is 4.79. The van der Waals surface area contributed by atoms with Crippen LogP contribution in [0.25, 0.3) is 0 Å². The van der Waals surface area contributed by atoms with E-state index in [2.05, 4.69) is 21.2 Å². The van der Waals surface area contributed by atoms with E-state index in [9.17, 15) is 4.79 Å². The molecule has 0 aromatic heterocycles. The maximum absolute atomic E-state index is 13.2. The summed E-state index contributed by atoms with van der Waals surface area (Å²) in [6, 6.07) is 14.0. The minimum atomic E-state index is -0.00234. The Kier molecular flexibility index (Phi) is 7.00. The van der Waals surface area contributed by atoms with Crippen LogP contribution >= 0.6 is 23.2 Å². The van der Waals surface area contributed by atoms with Gasteiger partial charge in [-0.15, -0.1) is 0 Å². The highest BCUT2D eigenvalue weighted by molar-refractivity contribution is 6.32. The van der Waals surface area contributed by atoms with E-state index in [1.54, 1.807) is 0 Å². The number of benzene rings is 2. The van der Waals surface area contributed by atoms with Gasteiger partial charge in [0.2, 0.25) is 5.91 Å². The lowest BCUT2D eigenvalue weighted by atomic mass is 10.0. The molecule has 2 atom stereocenters. The lowest BCUT2D eigenvalue weighted by Gasteiger charge is -2.35. The molecule has 1 N–H and O–H groups in total. The van der Waals surface area contributed by atoms with Crippen molar-refractivity contribution in [2.24, 2.45) is 5.92 Å². The molecule has 5 nitrogen and oxygen atoms in total. The van der Waals surface area contributed by atoms with Gasteiger partial charge in [-0.05, 0) is 87.2 Å². The van der Waals surface area contributed by atoms with Crippen molar-refractivity contribution in [3.05, 3.63) is 58.1 Å². The van der Waals surface area contributed by atoms with E-state index in [4.69, 9.17) is 27.9 Å². The Labute approximate surface area is 206 Å². The number of ether oxygens (including phenoxy) is 1. The van der Waals surface area contributed by atoms with E-state index in [-0.39, 0.29) is 17.9 Å². The maximum atomic E-state index is 13.2. The number of anilines is 1. The quantitative estimate of drug-likeness (QED) is 0.551. The second-order valence-corrected chi connectivity index (χ2v) is 10.4. The van der Waals surface area contributed by atoms with Crippen molar-refractivity contribution in [2.45, 2.75) is 44.2 Å². The van der Waals surface area contributed by atoms with Gasteiger partial charge in [-0.1, -0.05) is 29.3 Å². The van der Waals surface area contributed by atoms with Gasteiger partial charge >= 0.3 is 0 Å². The first-order valence-corrected chi connectivity index (χ1v) is 12.8. The molecular formula is C26H31Cl2N3O2. The fourth-order valence-electron chi connectivity index (χ4n) is 4.63. The van der Waals surface area contributed by atoms with Gasteiger partial charge in [0.15, 0.2) is 0 Å². The lowest BCUT2D eigenvalue weighted by Crippen LogP contribution is -2.50. The van der Waals surface area contributed by atoms with E-state index in [1.165, 1.54) is 6.42 Å². The smallest absolute Gasteiger partial charge is 0.225 e. The first-order valence-electron chi connectivity index (χ1n) is 12.0. The van der Waals surface area contributed by atoms with Gasteiger partial charge in [-0.3, -0.25) is 4.79 Å². The summed E-state index contributed by atoms with van der Waals surface area (Å²) in [4.78, 5) is 17.9. The molecule has 0 radical (unpaired) electrons. The first kappa shape index (κ1) is 22.8. The number of amides is 1. The largest absolute Gasteiger partial charge is 0.489 e. The Balaban J connectivity index is 1.20. The first-order chi connectivity index (χ1) is 16.0. The van der Waals surface area contributed by atoms with Crippen LogP contribution in [0.15, 0.2) is 42.5 Å². The molecule has 2 aliphatic heterocycles. The van der Waals surface area contributed by atoms with Crippen molar-refractivity contribution in [3.63, 3.8) is 0 Å². The second kappa shape index (κ2) is 10.1. The number of likely N-dealkylation sites (tertiary alicyclic amines) is 1. The summed E-state index contributed by atoms with van der Waals surface area (Å²) < 4.78 is 5.87. The number of nitrogens with zero attached hydrogens (tertiary/aromatic N) is 2. The summed E-state index contributed by atoms with van der Waals surface area (Å²) in [7, 11) is 0. The highest BCUT2D eigenvalue weighted by atomic mass is 35.5. The lowest BCUT2D eigenvalue weighted by molar-refractivity contribution is -0.125. The van der Waals surface area contributed by atoms with Gasteiger partial charge in [-0.25, -0.2) is 0 Å². The predicted molar refractivity (Wildman–Crippen MR) is 134 cm³/mol. The van der Waals surface area contributed by atoms with Crippen LogP contribution in [0, 0.1) is 5.92 Å². The number of rotatable bonds is 9. The van der Waals surface area contributed by atoms with Gasteiger partial charge in [0, 0.05) is 36.4 Å². The average Bonchev–Trinajstić information content (AvgIpc) is 3.45. The summed E-state index contributed by atoms with van der Waals surface area (Å²) in [5.41, 5.74) is 2.25. The van der Waals surface area contributed by atoms with Crippen molar-refractivity contribution in [2.75, 3.05) is 37.6 Å². The molecule has 176 valence electrons. The molecule has 1 saturated carbocycles. The van der Waals surface area contributed by atoms with Crippen LogP contribution in [0.1, 0.15) is 31.2 Å². The Morgan fingerprint density at radius 2 is 1.85 bits per heavy atom. The summed E-state index contributed by atoms with van der Waals surface area (Å²) in [5, 5.41) is 4.75. The number of carbonyl (C=O) groups excluding carboxylic acids is 1. The van der Waals surface area contributed by atoms with E-state index >= 15 is 0 Å². The van der Waals surface area contributed by atoms with E-state index < -0.39 is 0 Å². The number of hydrogen-bond donors (Lipinski definition) is 1. The van der Waals surface area contributed by atoms with Gasteiger partial charge in [0.05, 0.1) is 17.0 Å². The minimum absolute atomic E-state index is 0.00234. The van der Waals surface area contributed by atoms with Crippen LogP contribution in [0.2, 0.25) is 10.0 Å². The van der Waals surface area contributed by atoms with Crippen LogP contribution in [-0.2, 0) is 11.2 Å². The van der Waals surface area contributed by atoms with Gasteiger partial charge in [0.1, 0.15) is 5.75 Å². The summed E-state index contributed by atoms with van der Waals surface area (Å²) in [5.74, 6) is 0.911. The van der Waals surface area contributed by atoms with Crippen LogP contribution in [-0.4, -0.2) is 55.7 Å². The molecular weight excluding hydrogens is 457 g/mol. The molecule has 1 amide bonds. The van der Waals surface area contributed by atoms with Crippen molar-refractivity contribution >= 4 is 34.8 Å². The Hall–Kier alpha value is -1.95. The molecule has 2 aromatic rings. The molecule has 2 saturated heterocycles.